The van der Waals surface area contributed by atoms with Gasteiger partial charge < -0.3 is 10.1 Å². The van der Waals surface area contributed by atoms with E-state index in [1.54, 1.807) is 6.92 Å². The van der Waals surface area contributed by atoms with Gasteiger partial charge in [-0.15, -0.1) is 0 Å². The molecular weight excluding hydrogens is 316 g/mol. The average Bonchev–Trinajstić information content (AvgIpc) is 2.86. The average molecular weight is 338 g/mol. The lowest BCUT2D eigenvalue weighted by atomic mass is 9.92. The molecule has 0 aliphatic carbocycles. The van der Waals surface area contributed by atoms with Crippen LogP contribution in [0.15, 0.2) is 42.5 Å². The van der Waals surface area contributed by atoms with E-state index in [9.17, 15) is 10.0 Å². The van der Waals surface area contributed by atoms with Crippen molar-refractivity contribution in [3.05, 3.63) is 64.7 Å². The third-order valence-electron chi connectivity index (χ3n) is 4.65. The molecule has 1 atom stereocenters. The minimum Gasteiger partial charge on any atom is -0.466 e. The number of hydrogen-bond acceptors (Lipinski definition) is 5. The number of carbonyl (C=O) groups excluding carboxylic acids is 1. The first-order chi connectivity index (χ1) is 12.0. The zero-order chi connectivity index (χ0) is 18.0. The summed E-state index contributed by atoms with van der Waals surface area (Å²) in [5, 5.41) is 20.2. The van der Waals surface area contributed by atoms with E-state index in [-0.39, 0.29) is 5.97 Å². The molecule has 2 N–H and O–H groups in total. The van der Waals surface area contributed by atoms with Gasteiger partial charge in [-0.25, -0.2) is 5.06 Å². The molecule has 2 aromatic rings. The Morgan fingerprint density at radius 1 is 1.24 bits per heavy atom. The summed E-state index contributed by atoms with van der Waals surface area (Å²) >= 11 is 0. The van der Waals surface area contributed by atoms with Crippen LogP contribution in [-0.4, -0.2) is 23.5 Å². The third-order valence-corrected chi connectivity index (χ3v) is 4.65. The maximum absolute atomic E-state index is 11.6. The minimum absolute atomic E-state index is 0.211. The Morgan fingerprint density at radius 3 is 2.72 bits per heavy atom. The summed E-state index contributed by atoms with van der Waals surface area (Å²) in [5.41, 5.74) is 4.67. The van der Waals surface area contributed by atoms with E-state index in [1.807, 2.05) is 49.4 Å². The number of rotatable bonds is 5. The Morgan fingerprint density at radius 2 is 2.00 bits per heavy atom. The first kappa shape index (κ1) is 17.2. The fourth-order valence-electron chi connectivity index (χ4n) is 3.34. The molecule has 5 nitrogen and oxygen atoms in total. The van der Waals surface area contributed by atoms with Crippen LogP contribution in [0.2, 0.25) is 0 Å². The molecule has 3 rings (SSSR count). The van der Waals surface area contributed by atoms with Crippen LogP contribution in [0.5, 0.6) is 0 Å². The van der Waals surface area contributed by atoms with Gasteiger partial charge in [0.2, 0.25) is 0 Å². The fraction of sp³-hybridized carbons (Fsp3) is 0.300. The molecule has 0 bridgehead atoms. The first-order valence-corrected chi connectivity index (χ1v) is 8.44. The Balaban J connectivity index is 1.88. The molecule has 0 aromatic heterocycles. The number of anilines is 1. The third kappa shape index (κ3) is 3.15. The lowest BCUT2D eigenvalue weighted by Crippen LogP contribution is -2.25. The van der Waals surface area contributed by atoms with Crippen LogP contribution in [0.25, 0.3) is 0 Å². The summed E-state index contributed by atoms with van der Waals surface area (Å²) in [4.78, 5) is 11.6. The van der Waals surface area contributed by atoms with Crippen molar-refractivity contribution in [2.75, 3.05) is 11.7 Å². The van der Waals surface area contributed by atoms with Crippen molar-refractivity contribution in [1.29, 1.82) is 5.41 Å². The second-order valence-electron chi connectivity index (χ2n) is 6.11. The second-order valence-corrected chi connectivity index (χ2v) is 6.11. The number of fused-ring (bicyclic) bond motifs is 1. The molecule has 0 spiro atoms. The van der Waals surface area contributed by atoms with Crippen molar-refractivity contribution < 1.29 is 14.7 Å². The number of aryl methyl sites for hydroxylation is 1. The van der Waals surface area contributed by atoms with Crippen LogP contribution < -0.4 is 5.06 Å². The van der Waals surface area contributed by atoms with Gasteiger partial charge in [-0.1, -0.05) is 36.4 Å². The molecule has 2 aromatic carbocycles. The minimum atomic E-state index is -0.528. The van der Waals surface area contributed by atoms with E-state index >= 15 is 0 Å². The summed E-state index contributed by atoms with van der Waals surface area (Å²) in [6, 6.07) is 12.7. The standard InChI is InChI=1S/C20H22N2O3/c1-3-25-18(23)12-11-14-7-6-9-15(13(14)2)20-19(21)16-8-4-5-10-17(16)22(20)24/h4-10,20-21,24H,3,11-12H2,1-2H3. The van der Waals surface area contributed by atoms with E-state index < -0.39 is 6.04 Å². The van der Waals surface area contributed by atoms with Crippen LogP contribution >= 0.6 is 0 Å². The summed E-state index contributed by atoms with van der Waals surface area (Å²) in [6.45, 7) is 4.15. The van der Waals surface area contributed by atoms with E-state index in [0.29, 0.717) is 30.8 Å². The Kier molecular flexibility index (Phi) is 4.86. The maximum atomic E-state index is 11.6. The number of ether oxygens (including phenoxy) is 1. The summed E-state index contributed by atoms with van der Waals surface area (Å²) in [6.07, 6.45) is 0.903. The van der Waals surface area contributed by atoms with Gasteiger partial charge in [0.15, 0.2) is 0 Å². The fourth-order valence-corrected chi connectivity index (χ4v) is 3.34. The number of nitrogens with one attached hydrogen (secondary N) is 1. The van der Waals surface area contributed by atoms with Gasteiger partial charge >= 0.3 is 5.97 Å². The second kappa shape index (κ2) is 7.07. The van der Waals surface area contributed by atoms with Crippen LogP contribution in [-0.2, 0) is 16.0 Å². The van der Waals surface area contributed by atoms with Gasteiger partial charge in [-0.3, -0.25) is 10.0 Å². The van der Waals surface area contributed by atoms with Gasteiger partial charge in [0.25, 0.3) is 0 Å². The summed E-state index contributed by atoms with van der Waals surface area (Å²) in [7, 11) is 0. The largest absolute Gasteiger partial charge is 0.466 e. The quantitative estimate of drug-likeness (QED) is 0.813. The van der Waals surface area contributed by atoms with Crippen molar-refractivity contribution in [3.8, 4) is 0 Å². The van der Waals surface area contributed by atoms with Gasteiger partial charge in [0.05, 0.1) is 18.0 Å². The number of carbonyl (C=O) groups is 1. The van der Waals surface area contributed by atoms with E-state index in [0.717, 1.165) is 27.3 Å². The molecule has 0 saturated carbocycles. The molecule has 1 unspecified atom stereocenters. The van der Waals surface area contributed by atoms with Crippen LogP contribution in [0.3, 0.4) is 0 Å². The zero-order valence-corrected chi connectivity index (χ0v) is 14.5. The van der Waals surface area contributed by atoms with Crippen molar-refractivity contribution in [3.63, 3.8) is 0 Å². The Bertz CT molecular complexity index is 816. The molecule has 1 heterocycles. The summed E-state index contributed by atoms with van der Waals surface area (Å²) < 4.78 is 4.99. The Hall–Kier alpha value is -2.66. The summed E-state index contributed by atoms with van der Waals surface area (Å²) in [5.74, 6) is -0.211. The highest BCUT2D eigenvalue weighted by Crippen LogP contribution is 2.40. The highest BCUT2D eigenvalue weighted by molar-refractivity contribution is 6.12. The SMILES string of the molecule is CCOC(=O)CCc1cccc(C2C(=N)c3ccccc3N2O)c1C. The van der Waals surface area contributed by atoms with Crippen molar-refractivity contribution >= 4 is 17.4 Å². The predicted molar refractivity (Wildman–Crippen MR) is 96.4 cm³/mol. The van der Waals surface area contributed by atoms with Crippen molar-refractivity contribution in [2.24, 2.45) is 0 Å². The van der Waals surface area contributed by atoms with Crippen LogP contribution in [0, 0.1) is 12.3 Å². The van der Waals surface area contributed by atoms with Crippen molar-refractivity contribution in [2.45, 2.75) is 32.7 Å². The van der Waals surface area contributed by atoms with E-state index in [1.165, 1.54) is 0 Å². The molecule has 0 fully saturated rings. The van der Waals surface area contributed by atoms with E-state index in [2.05, 4.69) is 0 Å². The van der Waals surface area contributed by atoms with Crippen LogP contribution in [0.4, 0.5) is 5.69 Å². The number of benzene rings is 2. The predicted octanol–water partition coefficient (Wildman–Crippen LogP) is 3.81. The lowest BCUT2D eigenvalue weighted by molar-refractivity contribution is -0.143. The number of nitrogens with zero attached hydrogens (tertiary/aromatic N) is 1. The highest BCUT2D eigenvalue weighted by Gasteiger charge is 2.35. The molecule has 1 aliphatic rings. The maximum Gasteiger partial charge on any atom is 0.306 e. The number of esters is 1. The van der Waals surface area contributed by atoms with Crippen molar-refractivity contribution in [1.82, 2.24) is 0 Å². The normalized spacial score (nSPS) is 16.0. The smallest absolute Gasteiger partial charge is 0.306 e. The molecule has 1 aliphatic heterocycles. The lowest BCUT2D eigenvalue weighted by Gasteiger charge is -2.23. The highest BCUT2D eigenvalue weighted by atomic mass is 16.5. The molecule has 0 saturated heterocycles. The number of hydrogen-bond donors (Lipinski definition) is 2. The molecule has 0 amide bonds. The Labute approximate surface area is 147 Å². The topological polar surface area (TPSA) is 73.6 Å². The van der Waals surface area contributed by atoms with Gasteiger partial charge in [-0.2, -0.15) is 0 Å². The van der Waals surface area contributed by atoms with Gasteiger partial charge in [0.1, 0.15) is 6.04 Å². The monoisotopic (exact) mass is 338 g/mol. The molecule has 25 heavy (non-hydrogen) atoms. The van der Waals surface area contributed by atoms with Gasteiger partial charge in [-0.05, 0) is 43.0 Å². The van der Waals surface area contributed by atoms with E-state index in [4.69, 9.17) is 10.1 Å². The molecule has 5 heteroatoms. The van der Waals surface area contributed by atoms with Crippen LogP contribution in [0.1, 0.15) is 41.6 Å². The molecule has 0 radical (unpaired) electrons. The number of hydroxylamine groups is 1. The van der Waals surface area contributed by atoms with Gasteiger partial charge in [0, 0.05) is 12.0 Å². The first-order valence-electron chi connectivity index (χ1n) is 8.44. The zero-order valence-electron chi connectivity index (χ0n) is 14.5. The molecular formula is C20H22N2O3. The molecule has 130 valence electrons. The number of para-hydroxylation sites is 1.